The van der Waals surface area contributed by atoms with Crippen molar-refractivity contribution in [2.75, 3.05) is 5.32 Å². The number of hydrogen-bond acceptors (Lipinski definition) is 5. The molecule has 0 atom stereocenters. The van der Waals surface area contributed by atoms with Gasteiger partial charge in [-0.15, -0.1) is 0 Å². The van der Waals surface area contributed by atoms with Gasteiger partial charge in [0, 0.05) is 21.8 Å². The van der Waals surface area contributed by atoms with Crippen LogP contribution in [0.4, 0.5) is 24.5 Å². The van der Waals surface area contributed by atoms with E-state index in [0.29, 0.717) is 22.3 Å². The molecule has 0 aliphatic heterocycles. The van der Waals surface area contributed by atoms with Crippen molar-refractivity contribution in [1.29, 1.82) is 5.26 Å². The molecule has 11 heteroatoms. The van der Waals surface area contributed by atoms with E-state index in [-0.39, 0.29) is 16.9 Å². The topological polar surface area (TPSA) is 105 Å². The molecule has 0 aliphatic carbocycles. The number of alkyl halides is 3. The molecule has 3 aromatic rings. The van der Waals surface area contributed by atoms with Gasteiger partial charge in [-0.3, -0.25) is 14.9 Å². The minimum atomic E-state index is -4.78. The molecule has 0 aliphatic rings. The van der Waals surface area contributed by atoms with Gasteiger partial charge in [0.1, 0.15) is 17.4 Å². The van der Waals surface area contributed by atoms with E-state index in [9.17, 15) is 33.3 Å². The van der Waals surface area contributed by atoms with Gasteiger partial charge in [0.2, 0.25) is 5.75 Å². The fourth-order valence-electron chi connectivity index (χ4n) is 3.21. The first-order valence-electron chi connectivity index (χ1n) is 10.2. The van der Waals surface area contributed by atoms with E-state index >= 15 is 0 Å². The summed E-state index contributed by atoms with van der Waals surface area (Å²) < 4.78 is 45.2. The van der Waals surface area contributed by atoms with Crippen LogP contribution in [0.25, 0.3) is 6.08 Å². The van der Waals surface area contributed by atoms with Gasteiger partial charge in [0.25, 0.3) is 5.91 Å². The van der Waals surface area contributed by atoms with Crippen LogP contribution in [0.2, 0.25) is 0 Å². The molecule has 0 radical (unpaired) electrons. The van der Waals surface area contributed by atoms with Crippen molar-refractivity contribution in [3.63, 3.8) is 0 Å². The third-order valence-corrected chi connectivity index (χ3v) is 5.46. The lowest BCUT2D eigenvalue weighted by atomic mass is 10.1. The molecule has 7 nitrogen and oxygen atoms in total. The highest BCUT2D eigenvalue weighted by atomic mass is 79.9. The number of ether oxygens (including phenoxy) is 1. The summed E-state index contributed by atoms with van der Waals surface area (Å²) in [6.07, 6.45) is -3.56. The third kappa shape index (κ3) is 6.28. The van der Waals surface area contributed by atoms with Crippen molar-refractivity contribution in [2.45, 2.75) is 20.0 Å². The molecule has 0 heterocycles. The van der Waals surface area contributed by atoms with E-state index < -0.39 is 34.0 Å². The minimum absolute atomic E-state index is 0.0203. The molecule has 3 aromatic carbocycles. The molecule has 184 valence electrons. The van der Waals surface area contributed by atoms with Crippen LogP contribution < -0.4 is 10.1 Å². The largest absolute Gasteiger partial charge is 0.449 e. The number of anilines is 1. The van der Waals surface area contributed by atoms with E-state index in [0.717, 1.165) is 17.2 Å². The van der Waals surface area contributed by atoms with Gasteiger partial charge in [0.05, 0.1) is 10.5 Å². The van der Waals surface area contributed by atoms with Crippen molar-refractivity contribution < 1.29 is 27.6 Å². The van der Waals surface area contributed by atoms with Crippen LogP contribution in [0.3, 0.4) is 0 Å². The van der Waals surface area contributed by atoms with Crippen LogP contribution >= 0.6 is 15.9 Å². The summed E-state index contributed by atoms with van der Waals surface area (Å²) in [7, 11) is 0. The molecule has 0 aromatic heterocycles. The van der Waals surface area contributed by atoms with Crippen molar-refractivity contribution in [1.82, 2.24) is 0 Å². The van der Waals surface area contributed by atoms with Gasteiger partial charge in [-0.25, -0.2) is 0 Å². The first-order valence-corrected chi connectivity index (χ1v) is 11.0. The summed E-state index contributed by atoms with van der Waals surface area (Å²) in [6, 6.07) is 13.5. The normalized spacial score (nSPS) is 11.5. The highest BCUT2D eigenvalue weighted by Crippen LogP contribution is 2.39. The molecule has 3 rings (SSSR count). The number of amides is 1. The number of benzene rings is 3. The van der Waals surface area contributed by atoms with Crippen LogP contribution in [0, 0.1) is 35.3 Å². The molecule has 0 bridgehead atoms. The molecule has 1 N–H and O–H groups in total. The molecule has 36 heavy (non-hydrogen) atoms. The maximum Gasteiger partial charge on any atom is 0.416 e. The predicted molar refractivity (Wildman–Crippen MR) is 130 cm³/mol. The lowest BCUT2D eigenvalue weighted by Crippen LogP contribution is -2.14. The van der Waals surface area contributed by atoms with Gasteiger partial charge in [-0.2, -0.15) is 18.4 Å². The molecular weight excluding hydrogens is 543 g/mol. The van der Waals surface area contributed by atoms with Crippen LogP contribution in [-0.4, -0.2) is 10.8 Å². The van der Waals surface area contributed by atoms with E-state index in [1.165, 1.54) is 24.3 Å². The third-order valence-electron chi connectivity index (χ3n) is 4.97. The van der Waals surface area contributed by atoms with Crippen LogP contribution in [0.15, 0.2) is 64.6 Å². The number of hydrogen-bond donors (Lipinski definition) is 1. The van der Waals surface area contributed by atoms with Crippen molar-refractivity contribution in [2.24, 2.45) is 0 Å². The Morgan fingerprint density at radius 3 is 2.42 bits per heavy atom. The average Bonchev–Trinajstić information content (AvgIpc) is 2.80. The number of nitriles is 1. The summed E-state index contributed by atoms with van der Waals surface area (Å²) >= 11 is 3.27. The van der Waals surface area contributed by atoms with E-state index in [1.807, 2.05) is 19.1 Å². The second-order valence-electron chi connectivity index (χ2n) is 7.66. The fourth-order valence-corrected chi connectivity index (χ4v) is 3.59. The number of rotatable bonds is 6. The number of nitro groups is 1. The van der Waals surface area contributed by atoms with Gasteiger partial charge in [-0.1, -0.05) is 33.6 Å². The zero-order valence-electron chi connectivity index (χ0n) is 18.8. The van der Waals surface area contributed by atoms with Crippen molar-refractivity contribution >= 4 is 39.3 Å². The van der Waals surface area contributed by atoms with Crippen molar-refractivity contribution in [3.05, 3.63) is 97.0 Å². The number of carbonyl (C=O) groups is 1. The average molecular weight is 560 g/mol. The van der Waals surface area contributed by atoms with Crippen LogP contribution in [0.5, 0.6) is 11.5 Å². The second kappa shape index (κ2) is 10.6. The first kappa shape index (κ1) is 26.4. The summed E-state index contributed by atoms with van der Waals surface area (Å²) in [4.78, 5) is 23.2. The molecule has 0 saturated heterocycles. The highest BCUT2D eigenvalue weighted by Gasteiger charge is 2.33. The lowest BCUT2D eigenvalue weighted by Gasteiger charge is -2.12. The molecule has 0 unspecified atom stereocenters. The van der Waals surface area contributed by atoms with E-state index in [1.54, 1.807) is 19.1 Å². The second-order valence-corrected chi connectivity index (χ2v) is 8.58. The zero-order valence-corrected chi connectivity index (χ0v) is 20.4. The number of nitro benzene ring substituents is 1. The molecule has 0 spiro atoms. The number of carbonyl (C=O) groups excluding carboxylic acids is 1. The first-order chi connectivity index (χ1) is 16.9. The smallest absolute Gasteiger partial charge is 0.416 e. The van der Waals surface area contributed by atoms with E-state index in [4.69, 9.17) is 4.74 Å². The SMILES string of the molecule is Cc1ccc(NC(=O)/C(C#N)=C/c2cc(Br)ccc2Oc2ccc(C(F)(F)F)cc2[N+](=O)[O-])c(C)c1. The minimum Gasteiger partial charge on any atom is -0.449 e. The summed E-state index contributed by atoms with van der Waals surface area (Å²) in [5.74, 6) is -1.16. The molecule has 0 saturated carbocycles. The van der Waals surface area contributed by atoms with Gasteiger partial charge >= 0.3 is 11.9 Å². The monoisotopic (exact) mass is 559 g/mol. The van der Waals surface area contributed by atoms with Gasteiger partial charge < -0.3 is 10.1 Å². The number of nitrogens with zero attached hydrogens (tertiary/aromatic N) is 2. The Balaban J connectivity index is 1.99. The van der Waals surface area contributed by atoms with Crippen LogP contribution in [-0.2, 0) is 11.0 Å². The maximum atomic E-state index is 13.0. The molecular formula is C25H17BrF3N3O4. The Morgan fingerprint density at radius 1 is 1.11 bits per heavy atom. The number of nitrogens with one attached hydrogen (secondary N) is 1. The predicted octanol–water partition coefficient (Wildman–Crippen LogP) is 7.33. The van der Waals surface area contributed by atoms with Crippen LogP contribution in [0.1, 0.15) is 22.3 Å². The summed E-state index contributed by atoms with van der Waals surface area (Å²) in [6.45, 7) is 3.70. The Labute approximate surface area is 212 Å². The molecule has 0 fully saturated rings. The van der Waals surface area contributed by atoms with Crippen molar-refractivity contribution in [3.8, 4) is 17.6 Å². The number of halogens is 4. The highest BCUT2D eigenvalue weighted by molar-refractivity contribution is 9.10. The Kier molecular flexibility index (Phi) is 7.80. The molecule has 1 amide bonds. The quantitative estimate of drug-likeness (QED) is 0.147. The summed E-state index contributed by atoms with van der Waals surface area (Å²) in [5, 5.41) is 23.7. The number of aryl methyl sites for hydroxylation is 2. The van der Waals surface area contributed by atoms with Gasteiger partial charge in [0.15, 0.2) is 0 Å². The summed E-state index contributed by atoms with van der Waals surface area (Å²) in [5.41, 5.74) is 0.100. The maximum absolute atomic E-state index is 13.0. The standard InChI is InChI=1S/C25H17BrF3N3O4/c1-14-3-6-20(15(2)9-14)31-24(33)17(13-30)10-16-11-19(26)5-8-22(16)36-23-7-4-18(25(27,28)29)12-21(23)32(34)35/h3-12H,1-2H3,(H,31,33)/b17-10+. The van der Waals surface area contributed by atoms with E-state index in [2.05, 4.69) is 21.2 Å². The lowest BCUT2D eigenvalue weighted by molar-refractivity contribution is -0.385. The van der Waals surface area contributed by atoms with Gasteiger partial charge in [-0.05, 0) is 61.9 Å². The Hall–Kier alpha value is -4.17. The fraction of sp³-hybridized carbons (Fsp3) is 0.120. The Bertz CT molecular complexity index is 1430. The zero-order chi connectivity index (χ0) is 26.6. The Morgan fingerprint density at radius 2 is 1.81 bits per heavy atom.